The molecular weight excluding hydrogens is 258 g/mol. The zero-order valence-corrected chi connectivity index (χ0v) is 11.5. The van der Waals surface area contributed by atoms with Crippen LogP contribution in [0.5, 0.6) is 11.5 Å². The second-order valence-corrected chi connectivity index (χ2v) is 4.90. The van der Waals surface area contributed by atoms with E-state index in [2.05, 4.69) is 11.8 Å². The van der Waals surface area contributed by atoms with Gasteiger partial charge in [-0.1, -0.05) is 11.8 Å². The summed E-state index contributed by atoms with van der Waals surface area (Å²) >= 11 is 1.62. The van der Waals surface area contributed by atoms with Gasteiger partial charge in [-0.25, -0.2) is 0 Å². The first kappa shape index (κ1) is 13.5. The second kappa shape index (κ2) is 6.83. The van der Waals surface area contributed by atoms with Crippen LogP contribution in [-0.2, 0) is 6.61 Å². The van der Waals surface area contributed by atoms with E-state index in [4.69, 9.17) is 15.2 Å². The van der Waals surface area contributed by atoms with Crippen LogP contribution in [0.2, 0.25) is 0 Å². The van der Waals surface area contributed by atoms with Gasteiger partial charge >= 0.3 is 0 Å². The third-order valence-electron chi connectivity index (χ3n) is 2.42. The number of methoxy groups -OCH3 is 1. The highest BCUT2D eigenvalue weighted by molar-refractivity contribution is 7.12. The molecule has 0 spiro atoms. The number of hydrogen-bond donors (Lipinski definition) is 1. The van der Waals surface area contributed by atoms with Crippen LogP contribution in [0, 0.1) is 11.8 Å². The monoisotopic (exact) mass is 273 g/mol. The molecule has 0 aliphatic heterocycles. The highest BCUT2D eigenvalue weighted by Gasteiger charge is 2.00. The van der Waals surface area contributed by atoms with E-state index < -0.39 is 0 Å². The molecule has 1 aromatic heterocycles. The topological polar surface area (TPSA) is 44.5 Å². The maximum atomic E-state index is 5.69. The third-order valence-corrected chi connectivity index (χ3v) is 3.39. The number of ether oxygens (including phenoxy) is 2. The minimum Gasteiger partial charge on any atom is -0.497 e. The average Bonchev–Trinajstić information content (AvgIpc) is 2.91. The fourth-order valence-electron chi connectivity index (χ4n) is 1.49. The lowest BCUT2D eigenvalue weighted by Crippen LogP contribution is -1.93. The van der Waals surface area contributed by atoms with Gasteiger partial charge in [0.1, 0.15) is 18.1 Å². The molecule has 3 nitrogen and oxygen atoms in total. The molecule has 0 fully saturated rings. The highest BCUT2D eigenvalue weighted by Crippen LogP contribution is 2.20. The standard InChI is InChI=1S/C15H15NO2S/c1-17-12-4-6-13(7-5-12)18-11-15-9-8-14(19-15)3-2-10-16/h4-9H,10-11,16H2,1H3. The lowest BCUT2D eigenvalue weighted by atomic mass is 10.3. The maximum absolute atomic E-state index is 5.69. The van der Waals surface area contributed by atoms with Crippen LogP contribution in [0.4, 0.5) is 0 Å². The molecule has 0 aliphatic carbocycles. The van der Waals surface area contributed by atoms with Crippen LogP contribution < -0.4 is 15.2 Å². The number of hydrogen-bond acceptors (Lipinski definition) is 4. The SMILES string of the molecule is COc1ccc(OCc2ccc(C#CCN)s2)cc1. The third kappa shape index (κ3) is 4.02. The molecule has 0 radical (unpaired) electrons. The summed E-state index contributed by atoms with van der Waals surface area (Å²) in [5.74, 6) is 7.49. The van der Waals surface area contributed by atoms with Gasteiger partial charge < -0.3 is 15.2 Å². The van der Waals surface area contributed by atoms with Gasteiger partial charge in [0.05, 0.1) is 18.5 Å². The van der Waals surface area contributed by atoms with Crippen molar-refractivity contribution in [2.75, 3.05) is 13.7 Å². The van der Waals surface area contributed by atoms with Gasteiger partial charge in [-0.2, -0.15) is 0 Å². The summed E-state index contributed by atoms with van der Waals surface area (Å²) in [4.78, 5) is 2.15. The Balaban J connectivity index is 1.92. The van der Waals surface area contributed by atoms with Gasteiger partial charge in [-0.05, 0) is 36.4 Å². The van der Waals surface area contributed by atoms with Crippen LogP contribution in [0.3, 0.4) is 0 Å². The average molecular weight is 273 g/mol. The van der Waals surface area contributed by atoms with Crippen molar-refractivity contribution in [1.82, 2.24) is 0 Å². The van der Waals surface area contributed by atoms with E-state index in [1.165, 1.54) is 0 Å². The molecule has 2 N–H and O–H groups in total. The maximum Gasteiger partial charge on any atom is 0.122 e. The lowest BCUT2D eigenvalue weighted by Gasteiger charge is -2.05. The zero-order valence-electron chi connectivity index (χ0n) is 10.7. The van der Waals surface area contributed by atoms with Gasteiger partial charge in [0.25, 0.3) is 0 Å². The largest absolute Gasteiger partial charge is 0.497 e. The Hall–Kier alpha value is -1.96. The molecule has 0 unspecified atom stereocenters. The molecule has 19 heavy (non-hydrogen) atoms. The Morgan fingerprint density at radius 2 is 1.84 bits per heavy atom. The number of nitrogens with two attached hydrogens (primary N) is 1. The summed E-state index contributed by atoms with van der Waals surface area (Å²) in [6.07, 6.45) is 0. The number of thiophene rings is 1. The Kier molecular flexibility index (Phi) is 4.85. The van der Waals surface area contributed by atoms with Crippen molar-refractivity contribution in [1.29, 1.82) is 0 Å². The fourth-order valence-corrected chi connectivity index (χ4v) is 2.28. The summed E-state index contributed by atoms with van der Waals surface area (Å²) in [6.45, 7) is 0.927. The van der Waals surface area contributed by atoms with Crippen molar-refractivity contribution in [3.05, 3.63) is 46.2 Å². The van der Waals surface area contributed by atoms with E-state index in [1.54, 1.807) is 18.4 Å². The molecule has 0 aliphatic rings. The number of benzene rings is 1. The summed E-state index contributed by atoms with van der Waals surface area (Å²) in [7, 11) is 1.64. The van der Waals surface area contributed by atoms with Crippen LogP contribution in [0.1, 0.15) is 9.75 Å². The van der Waals surface area contributed by atoms with Crippen LogP contribution in [0.15, 0.2) is 36.4 Å². The van der Waals surface area contributed by atoms with Crippen molar-refractivity contribution >= 4 is 11.3 Å². The number of rotatable bonds is 4. The van der Waals surface area contributed by atoms with Crippen molar-refractivity contribution in [2.24, 2.45) is 5.73 Å². The first-order valence-electron chi connectivity index (χ1n) is 5.86. The van der Waals surface area contributed by atoms with Gasteiger partial charge in [-0.3, -0.25) is 0 Å². The van der Waals surface area contributed by atoms with Crippen molar-refractivity contribution in [3.63, 3.8) is 0 Å². The molecule has 0 atom stereocenters. The molecule has 98 valence electrons. The molecule has 0 bridgehead atoms. The van der Waals surface area contributed by atoms with Crippen molar-refractivity contribution in [3.8, 4) is 23.3 Å². The Bertz CT molecular complexity index is 578. The van der Waals surface area contributed by atoms with E-state index in [-0.39, 0.29) is 0 Å². The van der Waals surface area contributed by atoms with Gasteiger partial charge in [0, 0.05) is 4.88 Å². The van der Waals surface area contributed by atoms with Crippen molar-refractivity contribution in [2.45, 2.75) is 6.61 Å². The molecule has 1 aromatic carbocycles. The predicted octanol–water partition coefficient (Wildman–Crippen LogP) is 2.65. The quantitative estimate of drug-likeness (QED) is 0.871. The van der Waals surface area contributed by atoms with E-state index in [0.29, 0.717) is 13.2 Å². The molecule has 1 heterocycles. The van der Waals surface area contributed by atoms with Gasteiger partial charge in [0.15, 0.2) is 0 Å². The first-order valence-corrected chi connectivity index (χ1v) is 6.68. The van der Waals surface area contributed by atoms with E-state index in [9.17, 15) is 0 Å². The van der Waals surface area contributed by atoms with Gasteiger partial charge in [-0.15, -0.1) is 11.3 Å². The predicted molar refractivity (Wildman–Crippen MR) is 77.6 cm³/mol. The van der Waals surface area contributed by atoms with Crippen LogP contribution in [-0.4, -0.2) is 13.7 Å². The summed E-state index contributed by atoms with van der Waals surface area (Å²) < 4.78 is 10.8. The highest BCUT2D eigenvalue weighted by atomic mass is 32.1. The second-order valence-electron chi connectivity index (χ2n) is 3.74. The minimum atomic E-state index is 0.385. The van der Waals surface area contributed by atoms with Crippen LogP contribution >= 0.6 is 11.3 Å². The minimum absolute atomic E-state index is 0.385. The van der Waals surface area contributed by atoms with Crippen molar-refractivity contribution < 1.29 is 9.47 Å². The molecule has 2 rings (SSSR count). The van der Waals surface area contributed by atoms with Gasteiger partial charge in [0.2, 0.25) is 0 Å². The molecule has 4 heteroatoms. The van der Waals surface area contributed by atoms with E-state index >= 15 is 0 Å². The zero-order chi connectivity index (χ0) is 13.5. The van der Waals surface area contributed by atoms with E-state index in [0.717, 1.165) is 21.3 Å². The fraction of sp³-hybridized carbons (Fsp3) is 0.200. The summed E-state index contributed by atoms with van der Waals surface area (Å²) in [5, 5.41) is 0. The molecule has 0 amide bonds. The summed E-state index contributed by atoms with van der Waals surface area (Å²) in [6, 6.07) is 11.5. The normalized spacial score (nSPS) is 9.58. The Labute approximate surface area is 117 Å². The Morgan fingerprint density at radius 1 is 1.11 bits per heavy atom. The summed E-state index contributed by atoms with van der Waals surface area (Å²) in [5.41, 5.74) is 5.34. The molecular formula is C15H15NO2S. The molecule has 2 aromatic rings. The smallest absolute Gasteiger partial charge is 0.122 e. The Morgan fingerprint density at radius 3 is 2.53 bits per heavy atom. The van der Waals surface area contributed by atoms with Crippen LogP contribution in [0.25, 0.3) is 0 Å². The lowest BCUT2D eigenvalue weighted by molar-refractivity contribution is 0.309. The first-order chi connectivity index (χ1) is 9.31. The molecule has 0 saturated heterocycles. The van der Waals surface area contributed by atoms with E-state index in [1.807, 2.05) is 36.4 Å². The molecule has 0 saturated carbocycles.